The molecule has 0 aliphatic carbocycles. The molecule has 25 heavy (non-hydrogen) atoms. The Labute approximate surface area is 156 Å². The minimum atomic E-state index is 0.859. The maximum absolute atomic E-state index is 5.38. The highest BCUT2D eigenvalue weighted by Crippen LogP contribution is 2.17. The summed E-state index contributed by atoms with van der Waals surface area (Å²) in [5.41, 5.74) is 1.31. The standard InChI is InChI=1S/C19H32N4OS/c1-3-20-19(21-9-4-11-23-12-14-24-15-13-23)22-10-16-25-18-7-5-17(2)6-8-18/h5-8H,3-4,9-16H2,1-2H3,(H2,20,21,22). The van der Waals surface area contributed by atoms with Gasteiger partial charge in [0.05, 0.1) is 13.2 Å². The van der Waals surface area contributed by atoms with Gasteiger partial charge in [0, 0.05) is 49.9 Å². The van der Waals surface area contributed by atoms with E-state index in [0.717, 1.165) is 70.6 Å². The van der Waals surface area contributed by atoms with E-state index in [9.17, 15) is 0 Å². The SMILES string of the molecule is CCNC(=NCCCN1CCOCC1)NCCSc1ccc(C)cc1. The Bertz CT molecular complexity index is 501. The second kappa shape index (κ2) is 12.2. The third-order valence-corrected chi connectivity index (χ3v) is 5.05. The van der Waals surface area contributed by atoms with Crippen molar-refractivity contribution in [3.05, 3.63) is 29.8 Å². The quantitative estimate of drug-likeness (QED) is 0.305. The lowest BCUT2D eigenvalue weighted by molar-refractivity contribution is 0.0377. The van der Waals surface area contributed by atoms with E-state index in [1.54, 1.807) is 0 Å². The van der Waals surface area contributed by atoms with Gasteiger partial charge in [-0.15, -0.1) is 11.8 Å². The van der Waals surface area contributed by atoms with Crippen molar-refractivity contribution in [2.45, 2.75) is 25.2 Å². The predicted octanol–water partition coefficient (Wildman–Crippen LogP) is 2.36. The number of guanidine groups is 1. The molecule has 1 aliphatic rings. The number of hydrogen-bond acceptors (Lipinski definition) is 4. The number of morpholine rings is 1. The molecule has 0 aromatic heterocycles. The molecular formula is C19H32N4OS. The fraction of sp³-hybridized carbons (Fsp3) is 0.632. The summed E-state index contributed by atoms with van der Waals surface area (Å²) in [7, 11) is 0. The van der Waals surface area contributed by atoms with Gasteiger partial charge < -0.3 is 15.4 Å². The Morgan fingerprint density at radius 3 is 2.68 bits per heavy atom. The van der Waals surface area contributed by atoms with E-state index in [1.807, 2.05) is 11.8 Å². The topological polar surface area (TPSA) is 48.9 Å². The second-order valence-electron chi connectivity index (χ2n) is 6.16. The van der Waals surface area contributed by atoms with Gasteiger partial charge in [0.1, 0.15) is 0 Å². The average molecular weight is 365 g/mol. The van der Waals surface area contributed by atoms with Crippen LogP contribution in [0.1, 0.15) is 18.9 Å². The van der Waals surface area contributed by atoms with Crippen LogP contribution in [0.25, 0.3) is 0 Å². The summed E-state index contributed by atoms with van der Waals surface area (Å²) < 4.78 is 5.38. The summed E-state index contributed by atoms with van der Waals surface area (Å²) in [6.07, 6.45) is 1.09. The molecule has 140 valence electrons. The number of ether oxygens (including phenoxy) is 1. The molecule has 1 fully saturated rings. The van der Waals surface area contributed by atoms with Crippen LogP contribution in [0.3, 0.4) is 0 Å². The molecular weight excluding hydrogens is 332 g/mol. The van der Waals surface area contributed by atoms with Crippen molar-refractivity contribution in [1.82, 2.24) is 15.5 Å². The Balaban J connectivity index is 1.62. The van der Waals surface area contributed by atoms with E-state index in [1.165, 1.54) is 10.5 Å². The van der Waals surface area contributed by atoms with Crippen molar-refractivity contribution in [3.8, 4) is 0 Å². The predicted molar refractivity (Wildman–Crippen MR) is 108 cm³/mol. The van der Waals surface area contributed by atoms with Crippen LogP contribution in [0.4, 0.5) is 0 Å². The van der Waals surface area contributed by atoms with Crippen molar-refractivity contribution >= 4 is 17.7 Å². The van der Waals surface area contributed by atoms with Crippen LogP contribution < -0.4 is 10.6 Å². The van der Waals surface area contributed by atoms with Crippen LogP contribution >= 0.6 is 11.8 Å². The highest BCUT2D eigenvalue weighted by atomic mass is 32.2. The van der Waals surface area contributed by atoms with Gasteiger partial charge in [-0.2, -0.15) is 0 Å². The molecule has 0 amide bonds. The molecule has 0 bridgehead atoms. The van der Waals surface area contributed by atoms with Crippen LogP contribution in [-0.2, 0) is 4.74 Å². The first-order valence-electron chi connectivity index (χ1n) is 9.29. The fourth-order valence-corrected chi connectivity index (χ4v) is 3.39. The van der Waals surface area contributed by atoms with Crippen LogP contribution in [-0.4, -0.2) is 69.1 Å². The third kappa shape index (κ3) is 8.61. The summed E-state index contributed by atoms with van der Waals surface area (Å²) in [5, 5.41) is 6.75. The number of hydrogen-bond donors (Lipinski definition) is 2. The zero-order valence-electron chi connectivity index (χ0n) is 15.6. The van der Waals surface area contributed by atoms with Gasteiger partial charge in [0.15, 0.2) is 5.96 Å². The molecule has 1 saturated heterocycles. The van der Waals surface area contributed by atoms with Gasteiger partial charge in [-0.1, -0.05) is 17.7 Å². The number of benzene rings is 1. The molecule has 0 unspecified atom stereocenters. The molecule has 0 spiro atoms. The summed E-state index contributed by atoms with van der Waals surface area (Å²) in [6.45, 7) is 11.8. The Morgan fingerprint density at radius 1 is 1.20 bits per heavy atom. The zero-order chi connectivity index (χ0) is 17.7. The van der Waals surface area contributed by atoms with Crippen LogP contribution in [0.2, 0.25) is 0 Å². The third-order valence-electron chi connectivity index (χ3n) is 4.03. The molecule has 6 heteroatoms. The lowest BCUT2D eigenvalue weighted by Crippen LogP contribution is -2.39. The zero-order valence-corrected chi connectivity index (χ0v) is 16.4. The van der Waals surface area contributed by atoms with Gasteiger partial charge in [-0.05, 0) is 32.4 Å². The van der Waals surface area contributed by atoms with E-state index >= 15 is 0 Å². The molecule has 1 aliphatic heterocycles. The molecule has 1 heterocycles. The van der Waals surface area contributed by atoms with Crippen molar-refractivity contribution in [2.75, 3.05) is 58.2 Å². The Kier molecular flexibility index (Phi) is 9.77. The first-order valence-corrected chi connectivity index (χ1v) is 10.3. The first kappa shape index (κ1) is 20.1. The largest absolute Gasteiger partial charge is 0.379 e. The molecule has 1 aromatic carbocycles. The van der Waals surface area contributed by atoms with E-state index in [4.69, 9.17) is 4.74 Å². The Hall–Kier alpha value is -1.24. The summed E-state index contributed by atoms with van der Waals surface area (Å²) in [6, 6.07) is 8.70. The van der Waals surface area contributed by atoms with Crippen LogP contribution in [0.15, 0.2) is 34.2 Å². The van der Waals surface area contributed by atoms with E-state index in [0.29, 0.717) is 0 Å². The van der Waals surface area contributed by atoms with Crippen molar-refractivity contribution in [3.63, 3.8) is 0 Å². The number of thioether (sulfide) groups is 1. The maximum atomic E-state index is 5.38. The molecule has 0 saturated carbocycles. The average Bonchev–Trinajstić information content (AvgIpc) is 2.64. The summed E-state index contributed by atoms with van der Waals surface area (Å²) in [5.74, 6) is 1.95. The number of aliphatic imine (C=N–C) groups is 1. The molecule has 0 radical (unpaired) electrons. The number of nitrogens with one attached hydrogen (secondary N) is 2. The molecule has 2 rings (SSSR count). The molecule has 0 atom stereocenters. The van der Waals surface area contributed by atoms with Gasteiger partial charge in [0.2, 0.25) is 0 Å². The van der Waals surface area contributed by atoms with Gasteiger partial charge >= 0.3 is 0 Å². The highest BCUT2D eigenvalue weighted by Gasteiger charge is 2.08. The summed E-state index contributed by atoms with van der Waals surface area (Å²) >= 11 is 1.87. The number of rotatable bonds is 9. The van der Waals surface area contributed by atoms with Crippen LogP contribution in [0.5, 0.6) is 0 Å². The normalized spacial score (nSPS) is 16.0. The van der Waals surface area contributed by atoms with Gasteiger partial charge in [-0.25, -0.2) is 0 Å². The minimum Gasteiger partial charge on any atom is -0.379 e. The van der Waals surface area contributed by atoms with Crippen molar-refractivity contribution in [1.29, 1.82) is 0 Å². The molecule has 5 nitrogen and oxygen atoms in total. The Morgan fingerprint density at radius 2 is 1.96 bits per heavy atom. The van der Waals surface area contributed by atoms with Crippen molar-refractivity contribution in [2.24, 2.45) is 4.99 Å². The van der Waals surface area contributed by atoms with Crippen molar-refractivity contribution < 1.29 is 4.74 Å². The smallest absolute Gasteiger partial charge is 0.191 e. The lowest BCUT2D eigenvalue weighted by atomic mass is 10.2. The van der Waals surface area contributed by atoms with E-state index in [-0.39, 0.29) is 0 Å². The summed E-state index contributed by atoms with van der Waals surface area (Å²) in [4.78, 5) is 8.46. The fourth-order valence-electron chi connectivity index (χ4n) is 2.62. The maximum Gasteiger partial charge on any atom is 0.191 e. The van der Waals surface area contributed by atoms with Crippen LogP contribution in [0, 0.1) is 6.92 Å². The lowest BCUT2D eigenvalue weighted by Gasteiger charge is -2.26. The molecule has 1 aromatic rings. The minimum absolute atomic E-state index is 0.859. The van der Waals surface area contributed by atoms with Gasteiger partial charge in [-0.3, -0.25) is 9.89 Å². The second-order valence-corrected chi connectivity index (χ2v) is 7.32. The highest BCUT2D eigenvalue weighted by molar-refractivity contribution is 7.99. The van der Waals surface area contributed by atoms with Gasteiger partial charge in [0.25, 0.3) is 0 Å². The molecule has 2 N–H and O–H groups in total. The number of aryl methyl sites for hydroxylation is 1. The van der Waals surface area contributed by atoms with E-state index < -0.39 is 0 Å². The van der Waals surface area contributed by atoms with E-state index in [2.05, 4.69) is 58.6 Å². The first-order chi connectivity index (χ1) is 12.3. The monoisotopic (exact) mass is 364 g/mol. The number of nitrogens with zero attached hydrogens (tertiary/aromatic N) is 2.